The van der Waals surface area contributed by atoms with Gasteiger partial charge in [0, 0.05) is 20.1 Å². The van der Waals surface area contributed by atoms with E-state index in [1.165, 1.54) is 6.07 Å². The number of imidazole rings is 1. The van der Waals surface area contributed by atoms with E-state index in [9.17, 15) is 18.0 Å². The maximum atomic E-state index is 12.7. The maximum absolute atomic E-state index is 12.7. The lowest BCUT2D eigenvalue weighted by Crippen LogP contribution is -2.25. The van der Waals surface area contributed by atoms with Crippen LogP contribution >= 0.6 is 0 Å². The highest BCUT2D eigenvalue weighted by Gasteiger charge is 2.31. The first-order valence-corrected chi connectivity index (χ1v) is 7.20. The number of aromatic nitrogens is 2. The lowest BCUT2D eigenvalue weighted by atomic mass is 10.2. The van der Waals surface area contributed by atoms with Crippen molar-refractivity contribution in [2.24, 2.45) is 7.05 Å². The number of alkyl halides is 3. The second-order valence-electron chi connectivity index (χ2n) is 5.01. The molecule has 1 N–H and O–H groups in total. The Balaban J connectivity index is 2.09. The van der Waals surface area contributed by atoms with Crippen molar-refractivity contribution < 1.29 is 22.7 Å². The number of hydrogen-bond donors (Lipinski definition) is 1. The fourth-order valence-electron chi connectivity index (χ4n) is 2.16. The Bertz CT molecular complexity index is 695. The molecule has 0 atom stereocenters. The van der Waals surface area contributed by atoms with Gasteiger partial charge in [-0.25, -0.2) is 4.98 Å². The third-order valence-electron chi connectivity index (χ3n) is 3.42. The van der Waals surface area contributed by atoms with Crippen molar-refractivity contribution in [1.29, 1.82) is 0 Å². The summed E-state index contributed by atoms with van der Waals surface area (Å²) < 4.78 is 44.9. The summed E-state index contributed by atoms with van der Waals surface area (Å²) in [5.41, 5.74) is 0.0906. The van der Waals surface area contributed by atoms with Crippen LogP contribution in [0.3, 0.4) is 0 Å². The molecule has 2 rings (SSSR count). The van der Waals surface area contributed by atoms with Gasteiger partial charge in [0.15, 0.2) is 0 Å². The molecule has 2 aromatic rings. The molecule has 0 fully saturated rings. The van der Waals surface area contributed by atoms with E-state index in [0.717, 1.165) is 12.1 Å². The summed E-state index contributed by atoms with van der Waals surface area (Å²) in [6.45, 7) is 2.86. The second-order valence-corrected chi connectivity index (χ2v) is 5.01. The Morgan fingerprint density at radius 2 is 2.13 bits per heavy atom. The largest absolute Gasteiger partial charge is 0.416 e. The molecule has 1 amide bonds. The fourth-order valence-corrected chi connectivity index (χ4v) is 2.16. The first-order chi connectivity index (χ1) is 10.8. The van der Waals surface area contributed by atoms with Crippen LogP contribution in [-0.4, -0.2) is 28.7 Å². The zero-order valence-corrected chi connectivity index (χ0v) is 12.9. The molecule has 0 bridgehead atoms. The third kappa shape index (κ3) is 4.22. The molecule has 0 radical (unpaired) electrons. The minimum Gasteiger partial charge on any atom is -0.381 e. The topological polar surface area (TPSA) is 56.1 Å². The first kappa shape index (κ1) is 17.3. The van der Waals surface area contributed by atoms with Crippen molar-refractivity contribution in [3.8, 4) is 0 Å². The predicted octanol–water partition coefficient (Wildman–Crippen LogP) is 2.63. The van der Waals surface area contributed by atoms with E-state index in [1.54, 1.807) is 11.6 Å². The summed E-state index contributed by atoms with van der Waals surface area (Å²) >= 11 is 0. The van der Waals surface area contributed by atoms with Gasteiger partial charge in [-0.05, 0) is 25.1 Å². The number of benzene rings is 1. The number of aryl methyl sites for hydroxylation is 1. The first-order valence-electron chi connectivity index (χ1n) is 7.20. The molecule has 0 aliphatic carbocycles. The molecular weight excluding hydrogens is 311 g/mol. The van der Waals surface area contributed by atoms with Gasteiger partial charge in [-0.3, -0.25) is 4.79 Å². The van der Waals surface area contributed by atoms with Gasteiger partial charge in [-0.1, -0.05) is 0 Å². The molecule has 1 heterocycles. The summed E-state index contributed by atoms with van der Waals surface area (Å²) in [7, 11) is 1.70. The molecule has 5 nitrogen and oxygen atoms in total. The van der Waals surface area contributed by atoms with Gasteiger partial charge in [0.25, 0.3) is 0 Å². The molecule has 0 saturated heterocycles. The number of nitrogens with one attached hydrogen (secondary N) is 1. The molecule has 126 valence electrons. The zero-order valence-electron chi connectivity index (χ0n) is 12.9. The van der Waals surface area contributed by atoms with E-state index in [4.69, 9.17) is 4.74 Å². The molecule has 1 aromatic heterocycles. The summed E-state index contributed by atoms with van der Waals surface area (Å²) in [5, 5.41) is 2.68. The van der Waals surface area contributed by atoms with Crippen LogP contribution in [0.4, 0.5) is 13.2 Å². The van der Waals surface area contributed by atoms with E-state index in [2.05, 4.69) is 10.3 Å². The Morgan fingerprint density at radius 1 is 1.39 bits per heavy atom. The number of carbonyl (C=O) groups excluding carboxylic acids is 1. The van der Waals surface area contributed by atoms with Gasteiger partial charge >= 0.3 is 6.18 Å². The van der Waals surface area contributed by atoms with Crippen LogP contribution in [0.5, 0.6) is 0 Å². The standard InChI is InChI=1S/C15H18F3N3O2/c1-3-23-7-6-14(22)19-9-13-20-11-8-10(15(16,17)18)4-5-12(11)21(13)2/h4-5,8H,3,6-7,9H2,1-2H3,(H,19,22). The van der Waals surface area contributed by atoms with Crippen molar-refractivity contribution in [3.63, 3.8) is 0 Å². The lowest BCUT2D eigenvalue weighted by molar-refractivity contribution is -0.137. The van der Waals surface area contributed by atoms with Crippen molar-refractivity contribution in [1.82, 2.24) is 14.9 Å². The Hall–Kier alpha value is -2.09. The highest BCUT2D eigenvalue weighted by molar-refractivity contribution is 5.78. The van der Waals surface area contributed by atoms with Gasteiger partial charge in [-0.15, -0.1) is 0 Å². The van der Waals surface area contributed by atoms with Crippen LogP contribution in [-0.2, 0) is 29.3 Å². The molecule has 8 heteroatoms. The lowest BCUT2D eigenvalue weighted by Gasteiger charge is -2.06. The minimum absolute atomic E-state index is 0.150. The van der Waals surface area contributed by atoms with Crippen LogP contribution in [0.25, 0.3) is 11.0 Å². The van der Waals surface area contributed by atoms with Gasteiger partial charge < -0.3 is 14.6 Å². The molecule has 0 aliphatic heterocycles. The molecular formula is C15H18F3N3O2. The van der Waals surface area contributed by atoms with Crippen molar-refractivity contribution >= 4 is 16.9 Å². The predicted molar refractivity (Wildman–Crippen MR) is 78.7 cm³/mol. The van der Waals surface area contributed by atoms with Gasteiger partial charge in [-0.2, -0.15) is 13.2 Å². The monoisotopic (exact) mass is 329 g/mol. The number of ether oxygens (including phenoxy) is 1. The van der Waals surface area contributed by atoms with E-state index in [1.807, 2.05) is 6.92 Å². The number of carbonyl (C=O) groups is 1. The number of rotatable bonds is 6. The van der Waals surface area contributed by atoms with Crippen molar-refractivity contribution in [3.05, 3.63) is 29.6 Å². The number of amides is 1. The van der Waals surface area contributed by atoms with Crippen LogP contribution in [0.2, 0.25) is 0 Å². The van der Waals surface area contributed by atoms with Gasteiger partial charge in [0.1, 0.15) is 5.82 Å². The maximum Gasteiger partial charge on any atom is 0.416 e. The van der Waals surface area contributed by atoms with E-state index in [-0.39, 0.29) is 24.4 Å². The zero-order chi connectivity index (χ0) is 17.0. The smallest absolute Gasteiger partial charge is 0.381 e. The Labute approximate surface area is 131 Å². The number of fused-ring (bicyclic) bond motifs is 1. The summed E-state index contributed by atoms with van der Waals surface area (Å²) in [5.74, 6) is 0.297. The van der Waals surface area contributed by atoms with Crippen LogP contribution in [0.15, 0.2) is 18.2 Å². The van der Waals surface area contributed by atoms with E-state index < -0.39 is 11.7 Å². The molecule has 0 spiro atoms. The fraction of sp³-hybridized carbons (Fsp3) is 0.467. The van der Waals surface area contributed by atoms with E-state index >= 15 is 0 Å². The summed E-state index contributed by atoms with van der Waals surface area (Å²) in [6.07, 6.45) is -4.17. The summed E-state index contributed by atoms with van der Waals surface area (Å²) in [6, 6.07) is 3.41. The van der Waals surface area contributed by atoms with Crippen LogP contribution in [0, 0.1) is 0 Å². The second kappa shape index (κ2) is 6.99. The van der Waals surface area contributed by atoms with Crippen molar-refractivity contribution in [2.45, 2.75) is 26.1 Å². The Kier molecular flexibility index (Phi) is 5.25. The van der Waals surface area contributed by atoms with Gasteiger partial charge in [0.05, 0.1) is 29.7 Å². The quantitative estimate of drug-likeness (QED) is 0.829. The highest BCUT2D eigenvalue weighted by Crippen LogP contribution is 2.31. The van der Waals surface area contributed by atoms with E-state index in [0.29, 0.717) is 24.6 Å². The average molecular weight is 329 g/mol. The Morgan fingerprint density at radius 3 is 2.78 bits per heavy atom. The SMILES string of the molecule is CCOCCC(=O)NCc1nc2cc(C(F)(F)F)ccc2n1C. The summed E-state index contributed by atoms with van der Waals surface area (Å²) in [4.78, 5) is 15.8. The van der Waals surface area contributed by atoms with Crippen LogP contribution in [0.1, 0.15) is 24.7 Å². The molecule has 1 aromatic carbocycles. The number of hydrogen-bond acceptors (Lipinski definition) is 3. The highest BCUT2D eigenvalue weighted by atomic mass is 19.4. The molecule has 23 heavy (non-hydrogen) atoms. The molecule has 0 unspecified atom stereocenters. The molecule has 0 aliphatic rings. The normalized spacial score (nSPS) is 11.9. The molecule has 0 saturated carbocycles. The third-order valence-corrected chi connectivity index (χ3v) is 3.42. The number of nitrogens with zero attached hydrogens (tertiary/aromatic N) is 2. The van der Waals surface area contributed by atoms with Crippen molar-refractivity contribution in [2.75, 3.05) is 13.2 Å². The average Bonchev–Trinajstić information content (AvgIpc) is 2.80. The van der Waals surface area contributed by atoms with Crippen LogP contribution < -0.4 is 5.32 Å². The minimum atomic E-state index is -4.40. The number of halogens is 3. The van der Waals surface area contributed by atoms with Gasteiger partial charge in [0.2, 0.25) is 5.91 Å².